The number of nitrogens with zero attached hydrogens (tertiary/aromatic N) is 2. The normalized spacial score (nSPS) is 36.5. The molecule has 0 radical (unpaired) electrons. The van der Waals surface area contributed by atoms with Crippen LogP contribution in [0.5, 0.6) is 0 Å². The van der Waals surface area contributed by atoms with Gasteiger partial charge in [0.2, 0.25) is 0 Å². The molecule has 2 heterocycles. The minimum Gasteiger partial charge on any atom is -0.329 e. The van der Waals surface area contributed by atoms with Crippen LogP contribution in [0.1, 0.15) is 39.5 Å². The molecule has 1 saturated carbocycles. The summed E-state index contributed by atoms with van der Waals surface area (Å²) in [7, 11) is 0. The summed E-state index contributed by atoms with van der Waals surface area (Å²) in [6, 6.07) is 0.817. The second kappa shape index (κ2) is 3.94. The molecule has 2 saturated heterocycles. The Bertz CT molecular complexity index is 300. The van der Waals surface area contributed by atoms with Gasteiger partial charge in [-0.1, -0.05) is 6.92 Å². The van der Waals surface area contributed by atoms with Crippen LogP contribution >= 0.6 is 0 Å². The smallest absolute Gasteiger partial charge is 0.0358 e. The molecule has 98 valence electrons. The molecule has 2 aliphatic heterocycles. The first-order valence-electron chi connectivity index (χ1n) is 7.28. The van der Waals surface area contributed by atoms with Gasteiger partial charge in [-0.15, -0.1) is 0 Å². The molecule has 3 heteroatoms. The summed E-state index contributed by atoms with van der Waals surface area (Å²) in [5, 5.41) is 0. The summed E-state index contributed by atoms with van der Waals surface area (Å²) in [5.74, 6) is 0. The Morgan fingerprint density at radius 1 is 1.29 bits per heavy atom. The lowest BCUT2D eigenvalue weighted by Gasteiger charge is -2.50. The first kappa shape index (κ1) is 11.9. The van der Waals surface area contributed by atoms with E-state index in [0.29, 0.717) is 5.41 Å². The molecule has 2 unspecified atom stereocenters. The first-order valence-corrected chi connectivity index (χ1v) is 7.28. The van der Waals surface area contributed by atoms with Crippen LogP contribution in [0.3, 0.4) is 0 Å². The van der Waals surface area contributed by atoms with Crippen LogP contribution in [0.2, 0.25) is 0 Å². The zero-order valence-electron chi connectivity index (χ0n) is 11.4. The lowest BCUT2D eigenvalue weighted by atomic mass is 9.81. The molecule has 1 aliphatic carbocycles. The second-order valence-corrected chi connectivity index (χ2v) is 6.82. The Morgan fingerprint density at radius 2 is 2.06 bits per heavy atom. The Hall–Kier alpha value is -0.120. The molecule has 0 bridgehead atoms. The van der Waals surface area contributed by atoms with Crippen LogP contribution < -0.4 is 5.73 Å². The average Bonchev–Trinajstić information content (AvgIpc) is 2.94. The molecular weight excluding hydrogens is 210 g/mol. The van der Waals surface area contributed by atoms with Crippen molar-refractivity contribution in [1.29, 1.82) is 0 Å². The van der Waals surface area contributed by atoms with Crippen molar-refractivity contribution in [3.63, 3.8) is 0 Å². The van der Waals surface area contributed by atoms with Crippen LogP contribution in [0.15, 0.2) is 0 Å². The minimum atomic E-state index is 0.238. The number of hydrogen-bond donors (Lipinski definition) is 1. The molecule has 0 aromatic heterocycles. The standard InChI is InChI=1S/C14H27N3/c1-13(5-6-13)14(2,11-15)17-9-8-16-7-3-4-12(16)10-17/h12H,3-11,15H2,1-2H3. The maximum atomic E-state index is 6.15. The predicted octanol–water partition coefficient (Wildman–Crippen LogP) is 1.28. The fourth-order valence-corrected chi connectivity index (χ4v) is 3.92. The quantitative estimate of drug-likeness (QED) is 0.803. The van der Waals surface area contributed by atoms with Gasteiger partial charge in [-0.3, -0.25) is 9.80 Å². The average molecular weight is 237 g/mol. The van der Waals surface area contributed by atoms with E-state index in [1.54, 1.807) is 0 Å². The molecule has 17 heavy (non-hydrogen) atoms. The molecule has 2 N–H and O–H groups in total. The number of rotatable bonds is 3. The van der Waals surface area contributed by atoms with Gasteiger partial charge in [-0.2, -0.15) is 0 Å². The summed E-state index contributed by atoms with van der Waals surface area (Å²) >= 11 is 0. The zero-order chi connectivity index (χ0) is 12.1. The Labute approximate surface area is 105 Å². The van der Waals surface area contributed by atoms with Gasteiger partial charge in [0, 0.05) is 37.8 Å². The van der Waals surface area contributed by atoms with Gasteiger partial charge in [0.1, 0.15) is 0 Å². The Balaban J connectivity index is 1.75. The van der Waals surface area contributed by atoms with E-state index < -0.39 is 0 Å². The van der Waals surface area contributed by atoms with E-state index in [4.69, 9.17) is 5.73 Å². The van der Waals surface area contributed by atoms with Crippen LogP contribution in [-0.4, -0.2) is 54.1 Å². The van der Waals surface area contributed by atoms with E-state index in [0.717, 1.165) is 12.6 Å². The van der Waals surface area contributed by atoms with Crippen molar-refractivity contribution in [3.8, 4) is 0 Å². The third-order valence-corrected chi connectivity index (χ3v) is 5.98. The third kappa shape index (κ3) is 1.74. The van der Waals surface area contributed by atoms with E-state index in [1.807, 2.05) is 0 Å². The molecular formula is C14H27N3. The van der Waals surface area contributed by atoms with Gasteiger partial charge in [0.15, 0.2) is 0 Å². The monoisotopic (exact) mass is 237 g/mol. The van der Waals surface area contributed by atoms with Crippen molar-refractivity contribution in [2.45, 2.75) is 51.1 Å². The van der Waals surface area contributed by atoms with Crippen LogP contribution in [0.25, 0.3) is 0 Å². The van der Waals surface area contributed by atoms with Crippen molar-refractivity contribution < 1.29 is 0 Å². The molecule has 0 amide bonds. The molecule has 3 rings (SSSR count). The molecule has 0 aromatic rings. The Kier molecular flexibility index (Phi) is 2.77. The van der Waals surface area contributed by atoms with E-state index in [-0.39, 0.29) is 5.54 Å². The predicted molar refractivity (Wildman–Crippen MR) is 71.0 cm³/mol. The Morgan fingerprint density at radius 3 is 2.71 bits per heavy atom. The van der Waals surface area contributed by atoms with Crippen molar-refractivity contribution in [3.05, 3.63) is 0 Å². The van der Waals surface area contributed by atoms with Gasteiger partial charge in [0.25, 0.3) is 0 Å². The van der Waals surface area contributed by atoms with Gasteiger partial charge in [-0.25, -0.2) is 0 Å². The fraction of sp³-hybridized carbons (Fsp3) is 1.00. The van der Waals surface area contributed by atoms with E-state index in [1.165, 1.54) is 51.9 Å². The SMILES string of the molecule is CC1(C(C)(CN)N2CCN3CCCC3C2)CC1. The second-order valence-electron chi connectivity index (χ2n) is 6.82. The van der Waals surface area contributed by atoms with Crippen molar-refractivity contribution in [2.75, 3.05) is 32.7 Å². The first-order chi connectivity index (χ1) is 8.09. The molecule has 3 nitrogen and oxygen atoms in total. The summed E-state index contributed by atoms with van der Waals surface area (Å²) < 4.78 is 0. The molecule has 3 fully saturated rings. The highest BCUT2D eigenvalue weighted by molar-refractivity contribution is 5.11. The van der Waals surface area contributed by atoms with Crippen molar-refractivity contribution >= 4 is 0 Å². The van der Waals surface area contributed by atoms with Gasteiger partial charge >= 0.3 is 0 Å². The lowest BCUT2D eigenvalue weighted by Crippen LogP contribution is -2.63. The van der Waals surface area contributed by atoms with Crippen molar-refractivity contribution in [2.24, 2.45) is 11.1 Å². The van der Waals surface area contributed by atoms with Gasteiger partial charge in [0.05, 0.1) is 0 Å². The van der Waals surface area contributed by atoms with E-state index >= 15 is 0 Å². The highest BCUT2D eigenvalue weighted by Crippen LogP contribution is 2.55. The van der Waals surface area contributed by atoms with Crippen LogP contribution in [-0.2, 0) is 0 Å². The summed E-state index contributed by atoms with van der Waals surface area (Å²) in [5.41, 5.74) is 6.87. The fourth-order valence-electron chi connectivity index (χ4n) is 3.92. The highest BCUT2D eigenvalue weighted by atomic mass is 15.3. The summed E-state index contributed by atoms with van der Waals surface area (Å²) in [6.45, 7) is 10.7. The summed E-state index contributed by atoms with van der Waals surface area (Å²) in [6.07, 6.45) is 5.53. The van der Waals surface area contributed by atoms with E-state index in [2.05, 4.69) is 23.6 Å². The summed E-state index contributed by atoms with van der Waals surface area (Å²) in [4.78, 5) is 5.40. The number of hydrogen-bond acceptors (Lipinski definition) is 3. The number of piperazine rings is 1. The van der Waals surface area contributed by atoms with Crippen molar-refractivity contribution in [1.82, 2.24) is 9.80 Å². The zero-order valence-corrected chi connectivity index (χ0v) is 11.4. The van der Waals surface area contributed by atoms with Crippen LogP contribution in [0.4, 0.5) is 0 Å². The molecule has 0 spiro atoms. The van der Waals surface area contributed by atoms with Gasteiger partial charge < -0.3 is 5.73 Å². The maximum absolute atomic E-state index is 6.15. The van der Waals surface area contributed by atoms with Crippen LogP contribution in [0, 0.1) is 5.41 Å². The third-order valence-electron chi connectivity index (χ3n) is 5.98. The minimum absolute atomic E-state index is 0.238. The number of fused-ring (bicyclic) bond motifs is 1. The number of nitrogens with two attached hydrogens (primary N) is 1. The molecule has 3 aliphatic rings. The maximum Gasteiger partial charge on any atom is 0.0358 e. The van der Waals surface area contributed by atoms with E-state index in [9.17, 15) is 0 Å². The van der Waals surface area contributed by atoms with Gasteiger partial charge in [-0.05, 0) is 44.6 Å². The lowest BCUT2D eigenvalue weighted by molar-refractivity contribution is -0.00918. The molecule has 0 aromatic carbocycles. The highest BCUT2D eigenvalue weighted by Gasteiger charge is 2.56. The largest absolute Gasteiger partial charge is 0.329 e. The molecule has 2 atom stereocenters. The topological polar surface area (TPSA) is 32.5 Å².